The van der Waals surface area contributed by atoms with Crippen molar-refractivity contribution in [2.24, 2.45) is 0 Å². The van der Waals surface area contributed by atoms with Crippen LogP contribution in [0, 0.1) is 13.8 Å². The van der Waals surface area contributed by atoms with Crippen LogP contribution in [-0.2, 0) is 16.1 Å². The quantitative estimate of drug-likeness (QED) is 0.529. The van der Waals surface area contributed by atoms with Gasteiger partial charge in [0.15, 0.2) is 0 Å². The first-order chi connectivity index (χ1) is 15.8. The number of hydrogen-bond donors (Lipinski definition) is 1. The summed E-state index contributed by atoms with van der Waals surface area (Å²) >= 11 is 0. The lowest BCUT2D eigenvalue weighted by Crippen LogP contribution is -2.32. The number of rotatable bonds is 7. The second-order valence-electron chi connectivity index (χ2n) is 8.44. The van der Waals surface area contributed by atoms with E-state index in [4.69, 9.17) is 4.74 Å². The molecular weight excluding hydrogens is 414 g/mol. The Bertz CT molecular complexity index is 1220. The molecule has 2 amide bonds. The molecule has 1 aromatic heterocycles. The Labute approximate surface area is 193 Å². The monoisotopic (exact) mass is 441 g/mol. The van der Waals surface area contributed by atoms with Crippen LogP contribution in [0.3, 0.4) is 0 Å². The van der Waals surface area contributed by atoms with Crippen LogP contribution in [-0.4, -0.2) is 27.8 Å². The summed E-state index contributed by atoms with van der Waals surface area (Å²) in [5, 5.41) is 3.21. The molecule has 0 unspecified atom stereocenters. The van der Waals surface area contributed by atoms with Gasteiger partial charge < -0.3 is 10.1 Å². The van der Waals surface area contributed by atoms with Crippen LogP contribution in [0.1, 0.15) is 36.1 Å². The topological polar surface area (TPSA) is 71.5 Å². The van der Waals surface area contributed by atoms with Gasteiger partial charge in [0.1, 0.15) is 11.4 Å². The minimum atomic E-state index is -0.353. The molecule has 0 atom stereocenters. The van der Waals surface area contributed by atoms with Gasteiger partial charge in [0.25, 0.3) is 11.8 Å². The summed E-state index contributed by atoms with van der Waals surface area (Å²) in [7, 11) is 0. The zero-order chi connectivity index (χ0) is 23.5. The molecule has 1 N–H and O–H groups in total. The average molecular weight is 442 g/mol. The first kappa shape index (κ1) is 22.3. The molecule has 6 nitrogen and oxygen atoms in total. The maximum Gasteiger partial charge on any atom is 0.278 e. The second kappa shape index (κ2) is 9.28. The van der Waals surface area contributed by atoms with E-state index in [0.717, 1.165) is 28.0 Å². The van der Waals surface area contributed by atoms with Gasteiger partial charge in [-0.25, -0.2) is 0 Å². The smallest absolute Gasteiger partial charge is 0.278 e. The molecule has 2 heterocycles. The highest BCUT2D eigenvalue weighted by atomic mass is 16.5. The van der Waals surface area contributed by atoms with Gasteiger partial charge in [0, 0.05) is 18.1 Å². The molecule has 0 saturated carbocycles. The lowest BCUT2D eigenvalue weighted by atomic mass is 9.97. The van der Waals surface area contributed by atoms with E-state index in [0.29, 0.717) is 11.3 Å². The Balaban J connectivity index is 1.72. The zero-order valence-corrected chi connectivity index (χ0v) is 19.3. The minimum Gasteiger partial charge on any atom is -0.491 e. The number of nitrogens with zero attached hydrogens (tertiary/aromatic N) is 2. The van der Waals surface area contributed by atoms with Crippen molar-refractivity contribution in [3.8, 4) is 5.75 Å². The molecule has 33 heavy (non-hydrogen) atoms. The molecule has 0 radical (unpaired) electrons. The van der Waals surface area contributed by atoms with Crippen molar-refractivity contribution in [1.82, 2.24) is 9.88 Å². The maximum absolute atomic E-state index is 13.5. The van der Waals surface area contributed by atoms with Crippen LogP contribution in [0.4, 0.5) is 5.69 Å². The fraction of sp³-hybridized carbons (Fsp3) is 0.222. The van der Waals surface area contributed by atoms with Crippen LogP contribution >= 0.6 is 0 Å². The van der Waals surface area contributed by atoms with Crippen LogP contribution in [0.25, 0.3) is 5.57 Å². The lowest BCUT2D eigenvalue weighted by Gasteiger charge is -2.15. The van der Waals surface area contributed by atoms with Crippen LogP contribution < -0.4 is 10.1 Å². The fourth-order valence-electron chi connectivity index (χ4n) is 3.88. The number of carbonyl (C=O) groups is 2. The first-order valence-corrected chi connectivity index (χ1v) is 10.9. The highest BCUT2D eigenvalue weighted by Crippen LogP contribution is 2.33. The Hall–Kier alpha value is -3.93. The predicted octanol–water partition coefficient (Wildman–Crippen LogP) is 4.88. The number of pyridine rings is 1. The SMILES string of the molecule is Cc1ccc(C2=C(Nc3ccc(OC(C)C)cc3)C(=O)N(Cc3ccncc3)C2=O)c(C)c1. The Morgan fingerprint density at radius 3 is 2.27 bits per heavy atom. The van der Waals surface area contributed by atoms with E-state index in [1.165, 1.54) is 4.90 Å². The molecular formula is C27H27N3O3. The molecule has 0 spiro atoms. The van der Waals surface area contributed by atoms with E-state index in [2.05, 4.69) is 10.3 Å². The largest absolute Gasteiger partial charge is 0.491 e. The third kappa shape index (κ3) is 4.80. The van der Waals surface area contributed by atoms with Crippen molar-refractivity contribution in [2.75, 3.05) is 5.32 Å². The predicted molar refractivity (Wildman–Crippen MR) is 128 cm³/mol. The summed E-state index contributed by atoms with van der Waals surface area (Å²) in [6.45, 7) is 8.07. The molecule has 2 aromatic carbocycles. The van der Waals surface area contributed by atoms with Crippen molar-refractivity contribution in [3.05, 3.63) is 94.9 Å². The van der Waals surface area contributed by atoms with E-state index in [9.17, 15) is 9.59 Å². The van der Waals surface area contributed by atoms with Crippen LogP contribution in [0.5, 0.6) is 5.75 Å². The highest BCUT2D eigenvalue weighted by molar-refractivity contribution is 6.36. The molecule has 3 aromatic rings. The zero-order valence-electron chi connectivity index (χ0n) is 19.3. The average Bonchev–Trinajstić information content (AvgIpc) is 3.00. The summed E-state index contributed by atoms with van der Waals surface area (Å²) in [6.07, 6.45) is 3.37. The van der Waals surface area contributed by atoms with Gasteiger partial charge >= 0.3 is 0 Å². The molecule has 6 heteroatoms. The standard InChI is InChI=1S/C27H27N3O3/c1-17(2)33-22-8-6-21(7-9-22)29-25-24(23-10-5-18(3)15-19(23)4)26(31)30(27(25)32)16-20-11-13-28-14-12-20/h5-15,17,29H,16H2,1-4H3. The summed E-state index contributed by atoms with van der Waals surface area (Å²) in [4.78, 5) is 32.2. The van der Waals surface area contributed by atoms with E-state index in [1.54, 1.807) is 24.5 Å². The number of anilines is 1. The van der Waals surface area contributed by atoms with Gasteiger partial charge in [-0.15, -0.1) is 0 Å². The van der Waals surface area contributed by atoms with Crippen molar-refractivity contribution >= 4 is 23.1 Å². The molecule has 4 rings (SSSR count). The number of nitrogens with one attached hydrogen (secondary N) is 1. The number of hydrogen-bond acceptors (Lipinski definition) is 5. The molecule has 0 fully saturated rings. The number of aryl methyl sites for hydroxylation is 2. The van der Waals surface area contributed by atoms with E-state index < -0.39 is 0 Å². The summed E-state index contributed by atoms with van der Waals surface area (Å²) in [5.74, 6) is 0.0765. The second-order valence-corrected chi connectivity index (χ2v) is 8.44. The minimum absolute atomic E-state index is 0.0680. The summed E-state index contributed by atoms with van der Waals surface area (Å²) < 4.78 is 5.70. The van der Waals surface area contributed by atoms with Crippen LogP contribution in [0.15, 0.2) is 72.7 Å². The molecule has 168 valence electrons. The third-order valence-corrected chi connectivity index (χ3v) is 5.40. The molecule has 0 aliphatic carbocycles. The van der Waals surface area contributed by atoms with Gasteiger partial charge in [-0.2, -0.15) is 0 Å². The van der Waals surface area contributed by atoms with Crippen molar-refractivity contribution in [3.63, 3.8) is 0 Å². The third-order valence-electron chi connectivity index (χ3n) is 5.40. The number of carbonyl (C=O) groups excluding carboxylic acids is 2. The summed E-state index contributed by atoms with van der Waals surface area (Å²) in [6, 6.07) is 16.8. The van der Waals surface area contributed by atoms with Crippen molar-refractivity contribution in [1.29, 1.82) is 0 Å². The van der Waals surface area contributed by atoms with E-state index in [-0.39, 0.29) is 30.2 Å². The fourth-order valence-corrected chi connectivity index (χ4v) is 3.88. The lowest BCUT2D eigenvalue weighted by molar-refractivity contribution is -0.137. The van der Waals surface area contributed by atoms with Gasteiger partial charge in [-0.05, 0) is 80.8 Å². The number of imide groups is 1. The number of ether oxygens (including phenoxy) is 1. The Morgan fingerprint density at radius 2 is 1.64 bits per heavy atom. The molecule has 0 saturated heterocycles. The van der Waals surface area contributed by atoms with Crippen LogP contribution in [0.2, 0.25) is 0 Å². The Morgan fingerprint density at radius 1 is 0.939 bits per heavy atom. The van der Waals surface area contributed by atoms with Gasteiger partial charge in [-0.1, -0.05) is 23.8 Å². The van der Waals surface area contributed by atoms with Crippen molar-refractivity contribution < 1.29 is 14.3 Å². The molecule has 0 bridgehead atoms. The highest BCUT2D eigenvalue weighted by Gasteiger charge is 2.39. The Kier molecular flexibility index (Phi) is 6.27. The van der Waals surface area contributed by atoms with Gasteiger partial charge in [0.05, 0.1) is 18.2 Å². The summed E-state index contributed by atoms with van der Waals surface area (Å²) in [5.41, 5.74) is 4.99. The number of aromatic nitrogens is 1. The molecule has 1 aliphatic heterocycles. The van der Waals surface area contributed by atoms with Gasteiger partial charge in [0.2, 0.25) is 0 Å². The van der Waals surface area contributed by atoms with E-state index >= 15 is 0 Å². The number of amides is 2. The maximum atomic E-state index is 13.5. The van der Waals surface area contributed by atoms with Crippen molar-refractivity contribution in [2.45, 2.75) is 40.3 Å². The van der Waals surface area contributed by atoms with Gasteiger partial charge in [-0.3, -0.25) is 19.5 Å². The normalized spacial score (nSPS) is 13.8. The molecule has 1 aliphatic rings. The van der Waals surface area contributed by atoms with E-state index in [1.807, 2.05) is 70.2 Å². The first-order valence-electron chi connectivity index (χ1n) is 10.9. The number of benzene rings is 2.